The molecule has 2 aromatic rings. The second-order valence-corrected chi connectivity index (χ2v) is 6.44. The fourth-order valence-electron chi connectivity index (χ4n) is 1.64. The van der Waals surface area contributed by atoms with Crippen LogP contribution in [0.3, 0.4) is 0 Å². The van der Waals surface area contributed by atoms with Crippen molar-refractivity contribution in [3.63, 3.8) is 0 Å². The number of sulfonamides is 1. The number of aromatic nitrogens is 3. The predicted octanol–water partition coefficient (Wildman–Crippen LogP) is 1.14. The van der Waals surface area contributed by atoms with E-state index in [0.717, 1.165) is 5.56 Å². The van der Waals surface area contributed by atoms with Crippen LogP contribution >= 0.6 is 11.6 Å². The fourth-order valence-corrected chi connectivity index (χ4v) is 3.24. The van der Waals surface area contributed by atoms with E-state index in [4.69, 9.17) is 11.6 Å². The highest BCUT2D eigenvalue weighted by Crippen LogP contribution is 2.22. The Morgan fingerprint density at radius 3 is 2.86 bits per heavy atom. The molecule has 0 aliphatic heterocycles. The van der Waals surface area contributed by atoms with Crippen LogP contribution in [0.15, 0.2) is 35.5 Å². The van der Waals surface area contributed by atoms with E-state index in [1.165, 1.54) is 23.0 Å². The summed E-state index contributed by atoms with van der Waals surface area (Å²) in [7, 11) is -3.98. The Bertz CT molecular complexity index is 744. The third-order valence-electron chi connectivity index (χ3n) is 2.66. The van der Waals surface area contributed by atoms with Gasteiger partial charge in [0.15, 0.2) is 0 Å². The van der Waals surface area contributed by atoms with E-state index >= 15 is 0 Å². The molecule has 0 saturated carbocycles. The molecule has 1 heterocycles. The molecule has 1 N–H and O–H groups in total. The van der Waals surface area contributed by atoms with Crippen molar-refractivity contribution < 1.29 is 13.2 Å². The normalized spacial score (nSPS) is 11.3. The largest absolute Gasteiger partial charge is 0.274 e. The van der Waals surface area contributed by atoms with Crippen molar-refractivity contribution in [2.24, 2.45) is 0 Å². The molecule has 7 nitrogen and oxygen atoms in total. The van der Waals surface area contributed by atoms with Gasteiger partial charge in [0.25, 0.3) is 10.0 Å². The van der Waals surface area contributed by atoms with Crippen LogP contribution in [-0.4, -0.2) is 29.3 Å². The molecule has 9 heteroatoms. The number of benzene rings is 1. The number of carbonyl (C=O) groups excluding carboxylic acids is 1. The van der Waals surface area contributed by atoms with Gasteiger partial charge in [0, 0.05) is 12.6 Å². The third-order valence-corrected chi connectivity index (χ3v) is 4.52. The van der Waals surface area contributed by atoms with Crippen molar-refractivity contribution in [1.82, 2.24) is 19.7 Å². The summed E-state index contributed by atoms with van der Waals surface area (Å²) in [5.41, 5.74) is 0.731. The molecule has 0 atom stereocenters. The number of halogens is 1. The second kappa shape index (κ2) is 6.23. The number of nitrogens with one attached hydrogen (secondary N) is 1. The summed E-state index contributed by atoms with van der Waals surface area (Å²) >= 11 is 5.87. The Morgan fingerprint density at radius 2 is 2.19 bits per heavy atom. The van der Waals surface area contributed by atoms with Crippen molar-refractivity contribution in [2.45, 2.75) is 24.8 Å². The highest BCUT2D eigenvalue weighted by Gasteiger charge is 2.20. The molecule has 21 heavy (non-hydrogen) atoms. The van der Waals surface area contributed by atoms with E-state index in [1.54, 1.807) is 19.2 Å². The number of rotatable bonds is 5. The highest BCUT2D eigenvalue weighted by atomic mass is 35.5. The first-order chi connectivity index (χ1) is 9.88. The zero-order chi connectivity index (χ0) is 15.5. The lowest BCUT2D eigenvalue weighted by molar-refractivity contribution is -0.119. The molecule has 0 aliphatic carbocycles. The monoisotopic (exact) mass is 328 g/mol. The van der Waals surface area contributed by atoms with Gasteiger partial charge in [-0.15, -0.1) is 5.10 Å². The minimum atomic E-state index is -3.98. The summed E-state index contributed by atoms with van der Waals surface area (Å²) in [6, 6.07) is 4.58. The standard InChI is InChI=1S/C12H13ClN4O3S/c1-9-2-3-10(13)11(8-9)21(19,20)15-12(18)4-6-17-7-5-14-16-17/h2-3,5,7-8H,4,6H2,1H3,(H,15,18). The first-order valence-electron chi connectivity index (χ1n) is 6.04. The lowest BCUT2D eigenvalue weighted by Gasteiger charge is -2.09. The second-order valence-electron chi connectivity index (χ2n) is 4.38. The van der Waals surface area contributed by atoms with Gasteiger partial charge >= 0.3 is 0 Å². The molecule has 112 valence electrons. The van der Waals surface area contributed by atoms with Crippen molar-refractivity contribution >= 4 is 27.5 Å². The van der Waals surface area contributed by atoms with Crippen LogP contribution in [-0.2, 0) is 21.4 Å². The number of nitrogens with zero attached hydrogens (tertiary/aromatic N) is 3. The average molecular weight is 329 g/mol. The van der Waals surface area contributed by atoms with Gasteiger partial charge in [0.1, 0.15) is 4.90 Å². The lowest BCUT2D eigenvalue weighted by atomic mass is 10.2. The van der Waals surface area contributed by atoms with Crippen molar-refractivity contribution in [3.8, 4) is 0 Å². The third kappa shape index (κ3) is 4.02. The van der Waals surface area contributed by atoms with Crippen molar-refractivity contribution in [3.05, 3.63) is 41.2 Å². The molecule has 2 rings (SSSR count). The van der Waals surface area contributed by atoms with E-state index in [2.05, 4.69) is 10.3 Å². The Morgan fingerprint density at radius 1 is 1.43 bits per heavy atom. The summed E-state index contributed by atoms with van der Waals surface area (Å²) in [6.45, 7) is 1.98. The van der Waals surface area contributed by atoms with Gasteiger partial charge in [0.2, 0.25) is 5.91 Å². The van der Waals surface area contributed by atoms with Gasteiger partial charge in [-0.1, -0.05) is 22.9 Å². The predicted molar refractivity (Wildman–Crippen MR) is 76.2 cm³/mol. The molecular formula is C12H13ClN4O3S. The van der Waals surface area contributed by atoms with Gasteiger partial charge in [-0.3, -0.25) is 9.48 Å². The summed E-state index contributed by atoms with van der Waals surface area (Å²) < 4.78 is 27.7. The zero-order valence-corrected chi connectivity index (χ0v) is 12.7. The summed E-state index contributed by atoms with van der Waals surface area (Å²) in [5.74, 6) is -0.636. The number of hydrogen-bond donors (Lipinski definition) is 1. The number of hydrogen-bond acceptors (Lipinski definition) is 5. The van der Waals surface area contributed by atoms with Crippen LogP contribution in [0.5, 0.6) is 0 Å². The maximum atomic E-state index is 12.1. The molecule has 0 bridgehead atoms. The van der Waals surface area contributed by atoms with Crippen LogP contribution < -0.4 is 4.72 Å². The first-order valence-corrected chi connectivity index (χ1v) is 7.90. The van der Waals surface area contributed by atoms with Crippen LogP contribution in [0.4, 0.5) is 0 Å². The maximum absolute atomic E-state index is 12.1. The van der Waals surface area contributed by atoms with Crippen LogP contribution in [0, 0.1) is 6.92 Å². The minimum absolute atomic E-state index is 0.0357. The SMILES string of the molecule is Cc1ccc(Cl)c(S(=O)(=O)NC(=O)CCn2ccnn2)c1. The Balaban J connectivity index is 2.06. The van der Waals surface area contributed by atoms with E-state index < -0.39 is 15.9 Å². The van der Waals surface area contributed by atoms with Gasteiger partial charge in [-0.2, -0.15) is 0 Å². The molecule has 0 unspecified atom stereocenters. The van der Waals surface area contributed by atoms with Crippen LogP contribution in [0.1, 0.15) is 12.0 Å². The van der Waals surface area contributed by atoms with E-state index in [0.29, 0.717) is 0 Å². The molecular weight excluding hydrogens is 316 g/mol. The Kier molecular flexibility index (Phi) is 4.59. The summed E-state index contributed by atoms with van der Waals surface area (Å²) in [6.07, 6.45) is 3.02. The fraction of sp³-hybridized carbons (Fsp3) is 0.250. The molecule has 0 radical (unpaired) electrons. The van der Waals surface area contributed by atoms with Crippen LogP contribution in [0.2, 0.25) is 5.02 Å². The molecule has 0 saturated heterocycles. The van der Waals surface area contributed by atoms with E-state index in [-0.39, 0.29) is 22.9 Å². The molecule has 0 spiro atoms. The average Bonchev–Trinajstić information content (AvgIpc) is 2.92. The van der Waals surface area contributed by atoms with Gasteiger partial charge in [-0.25, -0.2) is 13.1 Å². The quantitative estimate of drug-likeness (QED) is 0.888. The van der Waals surface area contributed by atoms with Gasteiger partial charge in [-0.05, 0) is 24.6 Å². The van der Waals surface area contributed by atoms with Gasteiger partial charge < -0.3 is 0 Å². The smallest absolute Gasteiger partial charge is 0.265 e. The number of carbonyl (C=O) groups is 1. The Hall–Kier alpha value is -1.93. The summed E-state index contributed by atoms with van der Waals surface area (Å²) in [4.78, 5) is 11.6. The van der Waals surface area contributed by atoms with Crippen molar-refractivity contribution in [1.29, 1.82) is 0 Å². The van der Waals surface area contributed by atoms with E-state index in [1.807, 2.05) is 4.72 Å². The topological polar surface area (TPSA) is 94.0 Å². The summed E-state index contributed by atoms with van der Waals surface area (Å²) in [5, 5.41) is 7.34. The first kappa shape index (κ1) is 15.5. The highest BCUT2D eigenvalue weighted by molar-refractivity contribution is 7.90. The number of amides is 1. The molecule has 1 aromatic heterocycles. The van der Waals surface area contributed by atoms with Gasteiger partial charge in [0.05, 0.1) is 17.8 Å². The van der Waals surface area contributed by atoms with E-state index in [9.17, 15) is 13.2 Å². The zero-order valence-electron chi connectivity index (χ0n) is 11.2. The lowest BCUT2D eigenvalue weighted by Crippen LogP contribution is -2.31. The molecule has 1 aromatic carbocycles. The number of aryl methyl sites for hydroxylation is 2. The maximum Gasteiger partial charge on any atom is 0.265 e. The molecule has 1 amide bonds. The Labute approximate surface area is 127 Å². The molecule has 0 fully saturated rings. The molecule has 0 aliphatic rings. The van der Waals surface area contributed by atoms with Crippen LogP contribution in [0.25, 0.3) is 0 Å². The van der Waals surface area contributed by atoms with Crippen molar-refractivity contribution in [2.75, 3.05) is 0 Å². The minimum Gasteiger partial charge on any atom is -0.274 e.